The first kappa shape index (κ1) is 21.8. The molecule has 1 aliphatic heterocycles. The van der Waals surface area contributed by atoms with E-state index in [9.17, 15) is 10.1 Å². The zero-order chi connectivity index (χ0) is 21.3. The Morgan fingerprint density at radius 2 is 2.00 bits per heavy atom. The molecule has 1 aromatic carbocycles. The summed E-state index contributed by atoms with van der Waals surface area (Å²) in [5.41, 5.74) is 1.01. The van der Waals surface area contributed by atoms with Crippen LogP contribution in [0.15, 0.2) is 52.1 Å². The molecule has 8 nitrogen and oxygen atoms in total. The van der Waals surface area contributed by atoms with Crippen molar-refractivity contribution < 1.29 is 9.34 Å². The summed E-state index contributed by atoms with van der Waals surface area (Å²) in [6.07, 6.45) is 5.12. The van der Waals surface area contributed by atoms with Gasteiger partial charge in [0.25, 0.3) is 5.69 Å². The number of guanidine groups is 1. The number of nitrogens with one attached hydrogen (secondary N) is 2. The third-order valence-electron chi connectivity index (χ3n) is 5.48. The van der Waals surface area contributed by atoms with Gasteiger partial charge in [0.05, 0.1) is 23.8 Å². The summed E-state index contributed by atoms with van der Waals surface area (Å²) in [4.78, 5) is 17.6. The molecule has 0 saturated carbocycles. The smallest absolute Gasteiger partial charge is 0.269 e. The molecule has 0 radical (unpaired) electrons. The van der Waals surface area contributed by atoms with Crippen molar-refractivity contribution in [3.05, 3.63) is 64.1 Å². The predicted molar refractivity (Wildman–Crippen MR) is 117 cm³/mol. The molecule has 2 unspecified atom stereocenters. The van der Waals surface area contributed by atoms with Crippen LogP contribution < -0.4 is 10.6 Å². The Morgan fingerprint density at radius 3 is 2.60 bits per heavy atom. The van der Waals surface area contributed by atoms with E-state index < -0.39 is 4.92 Å². The average molecular weight is 414 g/mol. The fraction of sp³-hybridized carbons (Fsp3) is 0.500. The molecule has 162 valence electrons. The number of furan rings is 1. The maximum absolute atomic E-state index is 10.8. The molecule has 0 spiro atoms. The Morgan fingerprint density at radius 1 is 1.27 bits per heavy atom. The fourth-order valence-corrected chi connectivity index (χ4v) is 3.52. The molecule has 1 aliphatic rings. The van der Waals surface area contributed by atoms with Gasteiger partial charge in [0.15, 0.2) is 5.96 Å². The van der Waals surface area contributed by atoms with Crippen molar-refractivity contribution in [2.45, 2.75) is 51.7 Å². The van der Waals surface area contributed by atoms with Crippen LogP contribution in [0.5, 0.6) is 0 Å². The van der Waals surface area contributed by atoms with Crippen molar-refractivity contribution in [1.29, 1.82) is 0 Å². The first-order valence-electron chi connectivity index (χ1n) is 10.6. The van der Waals surface area contributed by atoms with Crippen LogP contribution >= 0.6 is 0 Å². The molecule has 1 aromatic heterocycles. The molecule has 1 fully saturated rings. The van der Waals surface area contributed by atoms with E-state index in [1.54, 1.807) is 18.4 Å². The summed E-state index contributed by atoms with van der Waals surface area (Å²) in [5.74, 6) is 1.70. The lowest BCUT2D eigenvalue weighted by Crippen LogP contribution is -2.45. The monoisotopic (exact) mass is 413 g/mol. The van der Waals surface area contributed by atoms with Gasteiger partial charge in [0.2, 0.25) is 0 Å². The lowest BCUT2D eigenvalue weighted by atomic mass is 10.2. The molecule has 0 amide bonds. The van der Waals surface area contributed by atoms with Gasteiger partial charge in [-0.3, -0.25) is 15.0 Å². The summed E-state index contributed by atoms with van der Waals surface area (Å²) >= 11 is 0. The van der Waals surface area contributed by atoms with Crippen molar-refractivity contribution in [3.8, 4) is 0 Å². The summed E-state index contributed by atoms with van der Waals surface area (Å²) in [5, 5.41) is 17.8. The number of non-ortho nitro benzene ring substituents is 1. The highest BCUT2D eigenvalue weighted by atomic mass is 16.6. The van der Waals surface area contributed by atoms with Crippen molar-refractivity contribution >= 4 is 11.6 Å². The first-order chi connectivity index (χ1) is 14.6. The maximum Gasteiger partial charge on any atom is 0.269 e. The van der Waals surface area contributed by atoms with Gasteiger partial charge < -0.3 is 15.1 Å². The van der Waals surface area contributed by atoms with Gasteiger partial charge in [0, 0.05) is 24.7 Å². The molecule has 30 heavy (non-hydrogen) atoms. The predicted octanol–water partition coefficient (Wildman–Crippen LogP) is 3.86. The Bertz CT molecular complexity index is 814. The Kier molecular flexibility index (Phi) is 7.84. The van der Waals surface area contributed by atoms with E-state index in [4.69, 9.17) is 9.41 Å². The van der Waals surface area contributed by atoms with Gasteiger partial charge >= 0.3 is 0 Å². The van der Waals surface area contributed by atoms with Gasteiger partial charge in [-0.1, -0.05) is 19.1 Å². The van der Waals surface area contributed by atoms with E-state index in [1.807, 2.05) is 12.1 Å². The number of rotatable bonds is 9. The van der Waals surface area contributed by atoms with Crippen LogP contribution in [0.4, 0.5) is 5.69 Å². The highest BCUT2D eigenvalue weighted by Crippen LogP contribution is 2.24. The molecular weight excluding hydrogens is 382 g/mol. The second-order valence-corrected chi connectivity index (χ2v) is 7.70. The molecular formula is C22H31N5O3. The van der Waals surface area contributed by atoms with E-state index >= 15 is 0 Å². The topological polar surface area (TPSA) is 95.9 Å². The number of nitro benzene ring substituents is 1. The van der Waals surface area contributed by atoms with Crippen LogP contribution in [0.1, 0.15) is 50.5 Å². The molecule has 2 heterocycles. The minimum atomic E-state index is -0.391. The summed E-state index contributed by atoms with van der Waals surface area (Å²) in [7, 11) is 0. The second kappa shape index (κ2) is 10.8. The first-order valence-corrected chi connectivity index (χ1v) is 10.6. The highest BCUT2D eigenvalue weighted by Gasteiger charge is 2.25. The van der Waals surface area contributed by atoms with Gasteiger partial charge in [-0.25, -0.2) is 4.99 Å². The average Bonchev–Trinajstić information content (AvgIpc) is 3.47. The zero-order valence-electron chi connectivity index (χ0n) is 17.7. The van der Waals surface area contributed by atoms with E-state index in [0.717, 1.165) is 36.8 Å². The standard InChI is InChI=1S/C22H31N5O3/c1-3-17(2)25-22(23-15-18-8-10-19(11-9-18)27(28)29)24-16-20(21-7-6-14-30-21)26-12-4-5-13-26/h6-11,14,17,20H,3-5,12-13,15-16H2,1-2H3,(H2,23,24,25). The normalized spacial score (nSPS) is 16.9. The molecule has 2 aromatic rings. The Labute approximate surface area is 177 Å². The number of benzene rings is 1. The molecule has 2 atom stereocenters. The maximum atomic E-state index is 10.8. The van der Waals surface area contributed by atoms with Gasteiger partial charge in [-0.15, -0.1) is 0 Å². The molecule has 8 heteroatoms. The van der Waals surface area contributed by atoms with E-state index in [0.29, 0.717) is 13.1 Å². The fourth-order valence-electron chi connectivity index (χ4n) is 3.52. The second-order valence-electron chi connectivity index (χ2n) is 7.70. The van der Waals surface area contributed by atoms with Crippen LogP contribution in [-0.2, 0) is 6.54 Å². The van der Waals surface area contributed by atoms with Crippen molar-refractivity contribution in [2.24, 2.45) is 4.99 Å². The van der Waals surface area contributed by atoms with Gasteiger partial charge in [-0.05, 0) is 57.0 Å². The Balaban J connectivity index is 1.68. The number of nitrogens with zero attached hydrogens (tertiary/aromatic N) is 3. The van der Waals surface area contributed by atoms with Gasteiger partial charge in [-0.2, -0.15) is 0 Å². The van der Waals surface area contributed by atoms with Crippen molar-refractivity contribution in [1.82, 2.24) is 15.5 Å². The number of nitro groups is 1. The minimum Gasteiger partial charge on any atom is -0.468 e. The van der Waals surface area contributed by atoms with E-state index in [-0.39, 0.29) is 17.8 Å². The quantitative estimate of drug-likeness (QED) is 0.280. The third-order valence-corrected chi connectivity index (χ3v) is 5.48. The number of likely N-dealkylation sites (tertiary alicyclic amines) is 1. The molecule has 0 aliphatic carbocycles. The number of hydrogen-bond donors (Lipinski definition) is 2. The highest BCUT2D eigenvalue weighted by molar-refractivity contribution is 5.80. The summed E-state index contributed by atoms with van der Waals surface area (Å²) in [6, 6.07) is 10.9. The molecule has 3 rings (SSSR count). The van der Waals surface area contributed by atoms with Crippen LogP contribution in [0.25, 0.3) is 0 Å². The van der Waals surface area contributed by atoms with Crippen LogP contribution in [0, 0.1) is 10.1 Å². The van der Waals surface area contributed by atoms with Crippen LogP contribution in [0.3, 0.4) is 0 Å². The van der Waals surface area contributed by atoms with E-state index in [2.05, 4.69) is 29.4 Å². The summed E-state index contributed by atoms with van der Waals surface area (Å²) in [6.45, 7) is 7.52. The minimum absolute atomic E-state index is 0.0886. The number of hydrogen-bond acceptors (Lipinski definition) is 5. The van der Waals surface area contributed by atoms with Crippen molar-refractivity contribution in [2.75, 3.05) is 19.6 Å². The summed E-state index contributed by atoms with van der Waals surface area (Å²) < 4.78 is 5.71. The SMILES string of the molecule is CCC(C)NC(=NCc1ccc([N+](=O)[O-])cc1)NCC(c1ccco1)N1CCCC1. The van der Waals surface area contributed by atoms with Crippen LogP contribution in [0.2, 0.25) is 0 Å². The molecule has 1 saturated heterocycles. The Hall–Kier alpha value is -2.87. The zero-order valence-corrected chi connectivity index (χ0v) is 17.7. The molecule has 0 bridgehead atoms. The van der Waals surface area contributed by atoms with E-state index in [1.165, 1.54) is 25.0 Å². The van der Waals surface area contributed by atoms with Gasteiger partial charge in [0.1, 0.15) is 5.76 Å². The lowest BCUT2D eigenvalue weighted by Gasteiger charge is -2.27. The van der Waals surface area contributed by atoms with Crippen molar-refractivity contribution in [3.63, 3.8) is 0 Å². The molecule has 2 N–H and O–H groups in total. The lowest BCUT2D eigenvalue weighted by molar-refractivity contribution is -0.384. The third kappa shape index (κ3) is 6.06. The number of aliphatic imine (C=N–C) groups is 1. The largest absolute Gasteiger partial charge is 0.468 e. The van der Waals surface area contributed by atoms with Crippen LogP contribution in [-0.4, -0.2) is 41.5 Å².